The minimum Gasteiger partial charge on any atom is -0.340 e. The molecule has 2 aromatic heterocycles. The highest BCUT2D eigenvalue weighted by molar-refractivity contribution is 5.92. The van der Waals surface area contributed by atoms with Gasteiger partial charge in [0, 0.05) is 31.7 Å². The van der Waals surface area contributed by atoms with E-state index in [1.54, 1.807) is 36.5 Å². The summed E-state index contributed by atoms with van der Waals surface area (Å²) in [7, 11) is 1.77. The van der Waals surface area contributed by atoms with Crippen LogP contribution in [0.1, 0.15) is 28.5 Å². The van der Waals surface area contributed by atoms with Crippen LogP contribution >= 0.6 is 0 Å². The predicted octanol–water partition coefficient (Wildman–Crippen LogP) is 3.49. The molecule has 0 spiro atoms. The number of nitrogens with zero attached hydrogens (tertiary/aromatic N) is 4. The van der Waals surface area contributed by atoms with Gasteiger partial charge in [0.1, 0.15) is 0 Å². The van der Waals surface area contributed by atoms with Crippen molar-refractivity contribution in [1.29, 1.82) is 0 Å². The van der Waals surface area contributed by atoms with Gasteiger partial charge in [-0.25, -0.2) is 0 Å². The fourth-order valence-electron chi connectivity index (χ4n) is 2.74. The van der Waals surface area contributed by atoms with E-state index >= 15 is 0 Å². The molecule has 1 aromatic carbocycles. The predicted molar refractivity (Wildman–Crippen MR) is 106 cm³/mol. The van der Waals surface area contributed by atoms with Crippen LogP contribution in [-0.4, -0.2) is 39.6 Å². The first-order valence-corrected chi connectivity index (χ1v) is 9.00. The summed E-state index contributed by atoms with van der Waals surface area (Å²) in [5.74, 6) is 0.476. The van der Waals surface area contributed by atoms with E-state index in [1.807, 2.05) is 30.3 Å². The Kier molecular flexibility index (Phi) is 6.10. The molecule has 3 aromatic rings. The second kappa shape index (κ2) is 8.89. The topological polar surface area (TPSA) is 71.0 Å². The normalized spacial score (nSPS) is 10.4. The van der Waals surface area contributed by atoms with Crippen molar-refractivity contribution in [2.75, 3.05) is 18.9 Å². The summed E-state index contributed by atoms with van der Waals surface area (Å²) in [5, 5.41) is 11.5. The molecule has 0 aliphatic rings. The third kappa shape index (κ3) is 4.88. The number of pyridine rings is 1. The fraction of sp³-hybridized carbons (Fsp3) is 0.238. The van der Waals surface area contributed by atoms with Crippen LogP contribution in [0.5, 0.6) is 0 Å². The highest BCUT2D eigenvalue weighted by atomic mass is 16.2. The molecule has 0 aliphatic carbocycles. The number of carbonyl (C=O) groups excluding carboxylic acids is 1. The lowest BCUT2D eigenvalue weighted by Gasteiger charge is -2.16. The standard InChI is InChI=1S/C21H23N5O/c1-3-17-6-4-5-7-18(17)23-20-9-8-19(24-25-20)21(27)26(2)15-12-16-10-13-22-14-11-16/h4-11,13-14H,3,12,15H2,1-2H3,(H,23,25). The van der Waals surface area contributed by atoms with Crippen LogP contribution in [0.2, 0.25) is 0 Å². The molecule has 138 valence electrons. The van der Waals surface area contributed by atoms with Crippen molar-refractivity contribution in [3.05, 3.63) is 77.7 Å². The van der Waals surface area contributed by atoms with Gasteiger partial charge >= 0.3 is 0 Å². The molecule has 0 unspecified atom stereocenters. The van der Waals surface area contributed by atoms with Crippen LogP contribution in [-0.2, 0) is 12.8 Å². The summed E-state index contributed by atoms with van der Waals surface area (Å²) in [6, 6.07) is 15.5. The number of nitrogens with one attached hydrogen (secondary N) is 1. The molecule has 1 amide bonds. The Morgan fingerprint density at radius 3 is 2.52 bits per heavy atom. The van der Waals surface area contributed by atoms with Crippen molar-refractivity contribution < 1.29 is 4.79 Å². The van der Waals surface area contributed by atoms with Crippen LogP contribution in [0, 0.1) is 0 Å². The van der Waals surface area contributed by atoms with E-state index in [4.69, 9.17) is 0 Å². The lowest BCUT2D eigenvalue weighted by atomic mass is 10.1. The number of hydrogen-bond acceptors (Lipinski definition) is 5. The van der Waals surface area contributed by atoms with Gasteiger partial charge in [0.05, 0.1) is 0 Å². The number of benzene rings is 1. The first kappa shape index (κ1) is 18.5. The smallest absolute Gasteiger partial charge is 0.274 e. The Hall–Kier alpha value is -3.28. The summed E-state index contributed by atoms with van der Waals surface area (Å²) in [6.07, 6.45) is 5.21. The van der Waals surface area contributed by atoms with E-state index in [9.17, 15) is 4.79 Å². The molecular weight excluding hydrogens is 338 g/mol. The molecule has 2 heterocycles. The van der Waals surface area contributed by atoms with Crippen molar-refractivity contribution in [3.63, 3.8) is 0 Å². The highest BCUT2D eigenvalue weighted by Gasteiger charge is 2.14. The fourth-order valence-corrected chi connectivity index (χ4v) is 2.74. The van der Waals surface area contributed by atoms with Crippen molar-refractivity contribution >= 4 is 17.4 Å². The van der Waals surface area contributed by atoms with Crippen LogP contribution < -0.4 is 5.32 Å². The molecule has 3 rings (SSSR count). The lowest BCUT2D eigenvalue weighted by molar-refractivity contribution is 0.0789. The molecule has 0 saturated carbocycles. The molecule has 0 fully saturated rings. The molecule has 6 heteroatoms. The average molecular weight is 361 g/mol. The number of aromatic nitrogens is 3. The SMILES string of the molecule is CCc1ccccc1Nc1ccc(C(=O)N(C)CCc2ccncc2)nn1. The van der Waals surface area contributed by atoms with E-state index in [0.717, 1.165) is 24.1 Å². The molecule has 0 atom stereocenters. The summed E-state index contributed by atoms with van der Waals surface area (Å²) in [5.41, 5.74) is 3.68. The van der Waals surface area contributed by atoms with Crippen LogP contribution in [0.15, 0.2) is 60.9 Å². The molecular formula is C21H23N5O. The van der Waals surface area contributed by atoms with E-state index in [-0.39, 0.29) is 5.91 Å². The van der Waals surface area contributed by atoms with E-state index in [0.29, 0.717) is 18.1 Å². The van der Waals surface area contributed by atoms with Gasteiger partial charge in [0.2, 0.25) is 0 Å². The minimum atomic E-state index is -0.142. The van der Waals surface area contributed by atoms with E-state index in [2.05, 4.69) is 33.5 Å². The van der Waals surface area contributed by atoms with Gasteiger partial charge in [-0.15, -0.1) is 10.2 Å². The zero-order valence-corrected chi connectivity index (χ0v) is 15.6. The molecule has 0 aliphatic heterocycles. The molecule has 6 nitrogen and oxygen atoms in total. The summed E-state index contributed by atoms with van der Waals surface area (Å²) < 4.78 is 0. The summed E-state index contributed by atoms with van der Waals surface area (Å²) in [4.78, 5) is 18.2. The quantitative estimate of drug-likeness (QED) is 0.697. The van der Waals surface area contributed by atoms with Crippen molar-refractivity contribution in [2.24, 2.45) is 0 Å². The number of anilines is 2. The highest BCUT2D eigenvalue weighted by Crippen LogP contribution is 2.19. The maximum atomic E-state index is 12.5. The number of rotatable bonds is 7. The largest absolute Gasteiger partial charge is 0.340 e. The molecule has 1 N–H and O–H groups in total. The van der Waals surface area contributed by atoms with Crippen LogP contribution in [0.25, 0.3) is 0 Å². The zero-order valence-electron chi connectivity index (χ0n) is 15.6. The van der Waals surface area contributed by atoms with Crippen molar-refractivity contribution in [3.8, 4) is 0 Å². The Balaban J connectivity index is 1.61. The number of carbonyl (C=O) groups is 1. The lowest BCUT2D eigenvalue weighted by Crippen LogP contribution is -2.29. The first-order chi connectivity index (χ1) is 13.2. The minimum absolute atomic E-state index is 0.142. The van der Waals surface area contributed by atoms with Gasteiger partial charge in [0.15, 0.2) is 11.5 Å². The third-order valence-electron chi connectivity index (χ3n) is 4.38. The average Bonchev–Trinajstić information content (AvgIpc) is 2.73. The van der Waals surface area contributed by atoms with Crippen molar-refractivity contribution in [1.82, 2.24) is 20.1 Å². The van der Waals surface area contributed by atoms with E-state index in [1.165, 1.54) is 5.56 Å². The van der Waals surface area contributed by atoms with Crippen molar-refractivity contribution in [2.45, 2.75) is 19.8 Å². The van der Waals surface area contributed by atoms with Crippen LogP contribution in [0.3, 0.4) is 0 Å². The summed E-state index contributed by atoms with van der Waals surface area (Å²) in [6.45, 7) is 2.71. The first-order valence-electron chi connectivity index (χ1n) is 9.00. The number of hydrogen-bond donors (Lipinski definition) is 1. The maximum absolute atomic E-state index is 12.5. The van der Waals surface area contributed by atoms with Gasteiger partial charge in [-0.05, 0) is 54.3 Å². The van der Waals surface area contributed by atoms with Gasteiger partial charge < -0.3 is 10.2 Å². The summed E-state index contributed by atoms with van der Waals surface area (Å²) >= 11 is 0. The number of aryl methyl sites for hydroxylation is 1. The molecule has 0 radical (unpaired) electrons. The Morgan fingerprint density at radius 1 is 1.04 bits per heavy atom. The van der Waals surface area contributed by atoms with Gasteiger partial charge in [-0.1, -0.05) is 25.1 Å². The number of amides is 1. The number of para-hydroxylation sites is 1. The van der Waals surface area contributed by atoms with Crippen LogP contribution in [0.4, 0.5) is 11.5 Å². The van der Waals surface area contributed by atoms with Gasteiger partial charge in [-0.3, -0.25) is 9.78 Å². The Morgan fingerprint density at radius 2 is 1.81 bits per heavy atom. The molecule has 0 bridgehead atoms. The van der Waals surface area contributed by atoms with E-state index < -0.39 is 0 Å². The number of likely N-dealkylation sites (N-methyl/N-ethyl adjacent to an activating group) is 1. The molecule has 0 saturated heterocycles. The Bertz CT molecular complexity index is 881. The zero-order chi connectivity index (χ0) is 19.1. The monoisotopic (exact) mass is 361 g/mol. The molecule has 27 heavy (non-hydrogen) atoms. The maximum Gasteiger partial charge on any atom is 0.274 e. The Labute approximate surface area is 159 Å². The van der Waals surface area contributed by atoms with Gasteiger partial charge in [-0.2, -0.15) is 0 Å². The second-order valence-electron chi connectivity index (χ2n) is 6.27. The second-order valence-corrected chi connectivity index (χ2v) is 6.27. The van der Waals surface area contributed by atoms with Gasteiger partial charge in [0.25, 0.3) is 5.91 Å². The third-order valence-corrected chi connectivity index (χ3v) is 4.38.